The summed E-state index contributed by atoms with van der Waals surface area (Å²) in [5.74, 6) is -0.341. The van der Waals surface area contributed by atoms with E-state index >= 15 is 0 Å². The highest BCUT2D eigenvalue weighted by Gasteiger charge is 2.31. The number of benzene rings is 2. The van der Waals surface area contributed by atoms with Crippen molar-refractivity contribution in [2.24, 2.45) is 5.73 Å². The van der Waals surface area contributed by atoms with E-state index in [2.05, 4.69) is 29.2 Å². The van der Waals surface area contributed by atoms with Gasteiger partial charge in [-0.25, -0.2) is 0 Å². The van der Waals surface area contributed by atoms with Gasteiger partial charge in [-0.15, -0.1) is 0 Å². The summed E-state index contributed by atoms with van der Waals surface area (Å²) in [5.41, 5.74) is 8.48. The molecular weight excluding hydrogens is 248 g/mol. The molecule has 1 unspecified atom stereocenters. The number of carbonyl (C=O) groups excluding carboxylic acids is 1. The van der Waals surface area contributed by atoms with Gasteiger partial charge in [0.2, 0.25) is 5.91 Å². The summed E-state index contributed by atoms with van der Waals surface area (Å²) in [6.07, 6.45) is 1.08. The summed E-state index contributed by atoms with van der Waals surface area (Å²) in [5, 5.41) is 0. The lowest BCUT2D eigenvalue weighted by molar-refractivity contribution is 0.0798. The predicted molar refractivity (Wildman–Crippen MR) is 79.2 cm³/mol. The summed E-state index contributed by atoms with van der Waals surface area (Å²) in [7, 11) is 0. The number of primary amides is 1. The van der Waals surface area contributed by atoms with Gasteiger partial charge in [-0.3, -0.25) is 9.69 Å². The molecule has 3 nitrogen and oxygen atoms in total. The Bertz CT molecular complexity index is 609. The van der Waals surface area contributed by atoms with Crippen molar-refractivity contribution in [3.05, 3.63) is 71.3 Å². The molecule has 0 spiro atoms. The van der Waals surface area contributed by atoms with Crippen LogP contribution in [0, 0.1) is 0 Å². The van der Waals surface area contributed by atoms with Gasteiger partial charge in [-0.05, 0) is 23.6 Å². The lowest BCUT2D eigenvalue weighted by Crippen LogP contribution is -2.41. The Morgan fingerprint density at radius 2 is 1.80 bits per heavy atom. The number of amides is 1. The monoisotopic (exact) mass is 266 g/mol. The molecule has 2 aromatic rings. The van der Waals surface area contributed by atoms with Gasteiger partial charge in [-0.2, -0.15) is 0 Å². The molecule has 0 bridgehead atoms. The van der Waals surface area contributed by atoms with Crippen molar-refractivity contribution >= 4 is 5.91 Å². The number of nitrogens with two attached hydrogens (primary N) is 1. The van der Waals surface area contributed by atoms with E-state index in [4.69, 9.17) is 5.73 Å². The number of likely N-dealkylation sites (tertiary alicyclic amines) is 1. The summed E-state index contributed by atoms with van der Waals surface area (Å²) >= 11 is 0. The van der Waals surface area contributed by atoms with E-state index in [1.54, 1.807) is 0 Å². The normalized spacial score (nSPS) is 18.5. The Kier molecular flexibility index (Phi) is 3.52. The van der Waals surface area contributed by atoms with Crippen molar-refractivity contribution in [2.45, 2.75) is 19.0 Å². The van der Waals surface area contributed by atoms with Crippen molar-refractivity contribution < 1.29 is 4.79 Å². The minimum atomic E-state index is -0.341. The van der Waals surface area contributed by atoms with Gasteiger partial charge in [0, 0.05) is 24.7 Å². The van der Waals surface area contributed by atoms with Gasteiger partial charge < -0.3 is 5.73 Å². The molecule has 1 fully saturated rings. The van der Waals surface area contributed by atoms with E-state index < -0.39 is 0 Å². The molecule has 1 heterocycles. The number of nitrogens with zero attached hydrogens (tertiary/aromatic N) is 1. The molecule has 3 heteroatoms. The molecule has 1 aliphatic rings. The van der Waals surface area contributed by atoms with E-state index in [0.29, 0.717) is 11.6 Å². The van der Waals surface area contributed by atoms with Gasteiger partial charge in [-0.1, -0.05) is 48.5 Å². The van der Waals surface area contributed by atoms with Crippen LogP contribution in [0.25, 0.3) is 0 Å². The summed E-state index contributed by atoms with van der Waals surface area (Å²) in [6.45, 7) is 1.98. The lowest BCUT2D eigenvalue weighted by Gasteiger charge is -2.42. The fourth-order valence-corrected chi connectivity index (χ4v) is 2.81. The van der Waals surface area contributed by atoms with Crippen LogP contribution >= 0.6 is 0 Å². The first kappa shape index (κ1) is 12.9. The maximum atomic E-state index is 11.5. The van der Waals surface area contributed by atoms with Gasteiger partial charge in [0.05, 0.1) is 0 Å². The van der Waals surface area contributed by atoms with E-state index in [-0.39, 0.29) is 5.91 Å². The van der Waals surface area contributed by atoms with Crippen molar-refractivity contribution in [3.8, 4) is 0 Å². The molecule has 1 saturated heterocycles. The topological polar surface area (TPSA) is 46.3 Å². The average Bonchev–Trinajstić information content (AvgIpc) is 2.45. The Morgan fingerprint density at radius 3 is 2.45 bits per heavy atom. The molecule has 0 saturated carbocycles. The molecule has 0 radical (unpaired) electrons. The summed E-state index contributed by atoms with van der Waals surface area (Å²) in [6, 6.07) is 18.4. The molecule has 3 rings (SSSR count). The molecule has 102 valence electrons. The highest BCUT2D eigenvalue weighted by Crippen LogP contribution is 2.36. The van der Waals surface area contributed by atoms with Crippen LogP contribution in [0.2, 0.25) is 0 Å². The van der Waals surface area contributed by atoms with E-state index in [0.717, 1.165) is 25.1 Å². The first-order valence-corrected chi connectivity index (χ1v) is 6.92. The fraction of sp³-hybridized carbons (Fsp3) is 0.235. The van der Waals surface area contributed by atoms with Gasteiger partial charge in [0.15, 0.2) is 0 Å². The highest BCUT2D eigenvalue weighted by molar-refractivity contribution is 5.94. The zero-order chi connectivity index (χ0) is 13.9. The fourth-order valence-electron chi connectivity index (χ4n) is 2.81. The zero-order valence-corrected chi connectivity index (χ0v) is 11.3. The Balaban J connectivity index is 1.80. The quantitative estimate of drug-likeness (QED) is 0.925. The Morgan fingerprint density at radius 1 is 1.10 bits per heavy atom. The second kappa shape index (κ2) is 5.47. The lowest BCUT2D eigenvalue weighted by atomic mass is 9.90. The first-order valence-electron chi connectivity index (χ1n) is 6.92. The SMILES string of the molecule is NC(=O)c1ccccc1C1CCN1Cc1ccccc1. The van der Waals surface area contributed by atoms with Crippen LogP contribution in [-0.4, -0.2) is 17.4 Å². The van der Waals surface area contributed by atoms with Gasteiger partial charge in [0.1, 0.15) is 0 Å². The second-order valence-electron chi connectivity index (χ2n) is 5.21. The minimum Gasteiger partial charge on any atom is -0.366 e. The van der Waals surface area contributed by atoms with Crippen molar-refractivity contribution in [1.29, 1.82) is 0 Å². The number of hydrogen-bond acceptors (Lipinski definition) is 2. The van der Waals surface area contributed by atoms with E-state index in [1.165, 1.54) is 5.56 Å². The summed E-state index contributed by atoms with van der Waals surface area (Å²) in [4.78, 5) is 13.9. The number of hydrogen-bond donors (Lipinski definition) is 1. The standard InChI is InChI=1S/C17H18N2O/c18-17(20)15-9-5-4-8-14(15)16-10-11-19(16)12-13-6-2-1-3-7-13/h1-9,16H,10-12H2,(H2,18,20). The largest absolute Gasteiger partial charge is 0.366 e. The molecule has 0 aliphatic carbocycles. The third-order valence-corrected chi connectivity index (χ3v) is 3.94. The maximum Gasteiger partial charge on any atom is 0.249 e. The van der Waals surface area contributed by atoms with Crippen LogP contribution in [0.15, 0.2) is 54.6 Å². The number of carbonyl (C=O) groups is 1. The van der Waals surface area contributed by atoms with Crippen LogP contribution < -0.4 is 5.73 Å². The molecule has 20 heavy (non-hydrogen) atoms. The first-order chi connectivity index (χ1) is 9.75. The van der Waals surface area contributed by atoms with Crippen LogP contribution in [0.1, 0.15) is 33.9 Å². The summed E-state index contributed by atoms with van der Waals surface area (Å²) < 4.78 is 0. The third-order valence-electron chi connectivity index (χ3n) is 3.94. The molecule has 1 atom stereocenters. The molecule has 1 aliphatic heterocycles. The maximum absolute atomic E-state index is 11.5. The predicted octanol–water partition coefficient (Wildman–Crippen LogP) is 2.73. The van der Waals surface area contributed by atoms with Crippen molar-refractivity contribution in [1.82, 2.24) is 4.90 Å². The van der Waals surface area contributed by atoms with E-state index in [9.17, 15) is 4.79 Å². The minimum absolute atomic E-state index is 0.305. The molecule has 2 aromatic carbocycles. The second-order valence-corrected chi connectivity index (χ2v) is 5.21. The zero-order valence-electron chi connectivity index (χ0n) is 11.3. The Labute approximate surface area is 119 Å². The van der Waals surface area contributed by atoms with Crippen LogP contribution in [-0.2, 0) is 6.54 Å². The number of rotatable bonds is 4. The molecular formula is C17H18N2O. The van der Waals surface area contributed by atoms with Crippen LogP contribution in [0.4, 0.5) is 0 Å². The van der Waals surface area contributed by atoms with Crippen molar-refractivity contribution in [3.63, 3.8) is 0 Å². The molecule has 1 amide bonds. The molecule has 0 aromatic heterocycles. The van der Waals surface area contributed by atoms with Gasteiger partial charge in [0.25, 0.3) is 0 Å². The Hall–Kier alpha value is -2.13. The van der Waals surface area contributed by atoms with Crippen LogP contribution in [0.5, 0.6) is 0 Å². The average molecular weight is 266 g/mol. The smallest absolute Gasteiger partial charge is 0.249 e. The third kappa shape index (κ3) is 2.45. The van der Waals surface area contributed by atoms with Crippen molar-refractivity contribution in [2.75, 3.05) is 6.54 Å². The molecule has 2 N–H and O–H groups in total. The highest BCUT2D eigenvalue weighted by atomic mass is 16.1. The van der Waals surface area contributed by atoms with E-state index in [1.807, 2.05) is 30.3 Å². The van der Waals surface area contributed by atoms with Gasteiger partial charge >= 0.3 is 0 Å². The van der Waals surface area contributed by atoms with Crippen LogP contribution in [0.3, 0.4) is 0 Å².